The van der Waals surface area contributed by atoms with Crippen LogP contribution in [-0.2, 0) is 12.0 Å². The van der Waals surface area contributed by atoms with Gasteiger partial charge in [0.15, 0.2) is 0 Å². The van der Waals surface area contributed by atoms with E-state index in [1.807, 2.05) is 26.8 Å². The Morgan fingerprint density at radius 2 is 1.74 bits per heavy atom. The molecule has 0 aliphatic heterocycles. The summed E-state index contributed by atoms with van der Waals surface area (Å²) < 4.78 is 41.5. The zero-order valence-electron chi connectivity index (χ0n) is 13.0. The summed E-state index contributed by atoms with van der Waals surface area (Å²) in [4.78, 5) is 7.92. The summed E-state index contributed by atoms with van der Waals surface area (Å²) in [5.41, 5.74) is 1.09. The summed E-state index contributed by atoms with van der Waals surface area (Å²) in [6, 6.07) is 7.29. The van der Waals surface area contributed by atoms with Crippen molar-refractivity contribution in [1.82, 2.24) is 9.97 Å². The lowest BCUT2D eigenvalue weighted by Gasteiger charge is -2.22. The molecule has 0 spiro atoms. The maximum atomic E-state index is 12.5. The average molecular weight is 324 g/mol. The van der Waals surface area contributed by atoms with Crippen molar-refractivity contribution >= 4 is 5.95 Å². The van der Waals surface area contributed by atoms with Crippen molar-refractivity contribution in [2.75, 3.05) is 5.32 Å². The van der Waals surface area contributed by atoms with Crippen LogP contribution in [0.5, 0.6) is 5.75 Å². The van der Waals surface area contributed by atoms with Crippen molar-refractivity contribution in [3.05, 3.63) is 47.8 Å². The first-order valence-corrected chi connectivity index (χ1v) is 6.96. The molecule has 1 N–H and O–H groups in total. The Bertz CT molecular complexity index is 652. The second-order valence-electron chi connectivity index (χ2n) is 6.02. The third kappa shape index (κ3) is 5.43. The number of hydrogen-bond acceptors (Lipinski definition) is 4. The van der Waals surface area contributed by atoms with Gasteiger partial charge in [-0.2, -0.15) is 0 Å². The molecule has 1 aromatic carbocycles. The normalized spacial score (nSPS) is 12.1. The molecule has 1 aromatic heterocycles. The standard InChI is InChI=1S/C16H17F3N3O/c1-15(2,3)12-7-11(8-13(9-12)23-16(17,18)19)10-22-14-20-5-4-6-21-14/h5-9H,10H2,1-3H3,(H,20,21,22). The Balaban J connectivity index is 2.25. The largest absolute Gasteiger partial charge is 0.573 e. The van der Waals surface area contributed by atoms with Gasteiger partial charge in [-0.1, -0.05) is 26.8 Å². The number of hydrogen-bond donors (Lipinski definition) is 1. The highest BCUT2D eigenvalue weighted by molar-refractivity contribution is 5.39. The highest BCUT2D eigenvalue weighted by Gasteiger charge is 2.31. The third-order valence-electron chi connectivity index (χ3n) is 3.04. The van der Waals surface area contributed by atoms with Gasteiger partial charge in [0.2, 0.25) is 5.95 Å². The second kappa shape index (κ2) is 6.44. The fraction of sp³-hybridized carbons (Fsp3) is 0.375. The van der Waals surface area contributed by atoms with Crippen LogP contribution in [0.1, 0.15) is 31.9 Å². The van der Waals surface area contributed by atoms with Gasteiger partial charge in [0, 0.05) is 25.0 Å². The van der Waals surface area contributed by atoms with Gasteiger partial charge in [-0.05, 0) is 28.7 Å². The van der Waals surface area contributed by atoms with E-state index < -0.39 is 6.36 Å². The predicted octanol–water partition coefficient (Wildman–Crippen LogP) is 4.08. The number of ether oxygens (including phenoxy) is 1. The van der Waals surface area contributed by atoms with Gasteiger partial charge >= 0.3 is 6.36 Å². The zero-order chi connectivity index (χ0) is 17.1. The molecule has 0 amide bonds. The van der Waals surface area contributed by atoms with Gasteiger partial charge < -0.3 is 10.1 Å². The lowest BCUT2D eigenvalue weighted by molar-refractivity contribution is -0.274. The van der Waals surface area contributed by atoms with Crippen LogP contribution in [-0.4, -0.2) is 16.3 Å². The van der Waals surface area contributed by atoms with Crippen LogP contribution < -0.4 is 10.1 Å². The molecule has 1 heterocycles. The van der Waals surface area contributed by atoms with Crippen molar-refractivity contribution in [2.45, 2.75) is 39.1 Å². The van der Waals surface area contributed by atoms with E-state index in [1.54, 1.807) is 0 Å². The number of alkyl halides is 3. The summed E-state index contributed by atoms with van der Waals surface area (Å²) in [6.07, 6.45) is -1.81. The molecule has 0 aliphatic carbocycles. The van der Waals surface area contributed by atoms with Crippen molar-refractivity contribution < 1.29 is 17.9 Å². The van der Waals surface area contributed by atoms with E-state index >= 15 is 0 Å². The minimum atomic E-state index is -4.72. The maximum absolute atomic E-state index is 12.5. The summed E-state index contributed by atoms with van der Waals surface area (Å²) >= 11 is 0. The Kier molecular flexibility index (Phi) is 4.77. The molecule has 0 bridgehead atoms. The van der Waals surface area contributed by atoms with E-state index in [1.165, 1.54) is 24.5 Å². The number of nitrogens with zero attached hydrogens (tertiary/aromatic N) is 2. The highest BCUT2D eigenvalue weighted by Crippen LogP contribution is 2.30. The molecule has 0 saturated heterocycles. The van der Waals surface area contributed by atoms with Gasteiger partial charge in [-0.15, -0.1) is 13.2 Å². The summed E-state index contributed by atoms with van der Waals surface area (Å²) in [7, 11) is 0. The number of anilines is 1. The number of benzene rings is 1. The van der Waals surface area contributed by atoms with Crippen LogP contribution in [0.3, 0.4) is 0 Å². The molecule has 7 heteroatoms. The van der Waals surface area contributed by atoms with Gasteiger partial charge in [-0.25, -0.2) is 9.97 Å². The second-order valence-corrected chi connectivity index (χ2v) is 6.02. The van der Waals surface area contributed by atoms with Crippen molar-refractivity contribution in [1.29, 1.82) is 0 Å². The van der Waals surface area contributed by atoms with Crippen LogP contribution in [0.4, 0.5) is 19.1 Å². The number of halogens is 3. The van der Waals surface area contributed by atoms with Crippen LogP contribution in [0.2, 0.25) is 0 Å². The lowest BCUT2D eigenvalue weighted by atomic mass is 9.86. The Labute approximate surface area is 132 Å². The monoisotopic (exact) mass is 324 g/mol. The number of nitrogens with one attached hydrogen (secondary N) is 1. The maximum Gasteiger partial charge on any atom is 0.573 e. The third-order valence-corrected chi connectivity index (χ3v) is 3.04. The van der Waals surface area contributed by atoms with Gasteiger partial charge in [0.1, 0.15) is 5.75 Å². The minimum absolute atomic E-state index is 0.232. The van der Waals surface area contributed by atoms with Crippen LogP contribution in [0.15, 0.2) is 30.6 Å². The predicted molar refractivity (Wildman–Crippen MR) is 80.0 cm³/mol. The summed E-state index contributed by atoms with van der Waals surface area (Å²) in [5.74, 6) is 0.146. The topological polar surface area (TPSA) is 47.0 Å². The van der Waals surface area contributed by atoms with E-state index in [2.05, 4.69) is 26.1 Å². The Morgan fingerprint density at radius 3 is 2.30 bits per heavy atom. The molecule has 123 valence electrons. The smallest absolute Gasteiger partial charge is 0.406 e. The summed E-state index contributed by atoms with van der Waals surface area (Å²) in [6.45, 7) is 6.05. The van der Waals surface area contributed by atoms with Gasteiger partial charge in [0.25, 0.3) is 0 Å². The van der Waals surface area contributed by atoms with Crippen molar-refractivity contribution in [3.63, 3.8) is 0 Å². The van der Waals surface area contributed by atoms with Crippen LogP contribution in [0.25, 0.3) is 0 Å². The fourth-order valence-electron chi connectivity index (χ4n) is 1.92. The zero-order valence-corrected chi connectivity index (χ0v) is 13.0. The fourth-order valence-corrected chi connectivity index (χ4v) is 1.92. The quantitative estimate of drug-likeness (QED) is 0.920. The molecule has 0 fully saturated rings. The molecule has 2 aromatic rings. The van der Waals surface area contributed by atoms with E-state index in [0.717, 1.165) is 5.56 Å². The van der Waals surface area contributed by atoms with E-state index in [9.17, 15) is 13.2 Å². The molecule has 23 heavy (non-hydrogen) atoms. The lowest BCUT2D eigenvalue weighted by Crippen LogP contribution is -2.19. The first-order chi connectivity index (χ1) is 10.6. The molecule has 0 aliphatic rings. The van der Waals surface area contributed by atoms with E-state index in [4.69, 9.17) is 0 Å². The molecule has 0 unspecified atom stereocenters. The first-order valence-electron chi connectivity index (χ1n) is 6.96. The Hall–Kier alpha value is -2.31. The molecule has 0 atom stereocenters. The number of aromatic nitrogens is 2. The van der Waals surface area contributed by atoms with Crippen molar-refractivity contribution in [3.8, 4) is 5.75 Å². The molecule has 0 saturated carbocycles. The van der Waals surface area contributed by atoms with E-state index in [0.29, 0.717) is 11.5 Å². The van der Waals surface area contributed by atoms with E-state index in [-0.39, 0.29) is 17.7 Å². The Morgan fingerprint density at radius 1 is 1.09 bits per heavy atom. The molecule has 1 radical (unpaired) electrons. The minimum Gasteiger partial charge on any atom is -0.406 e. The highest BCUT2D eigenvalue weighted by atomic mass is 19.4. The average Bonchev–Trinajstić information content (AvgIpc) is 2.43. The van der Waals surface area contributed by atoms with Gasteiger partial charge in [-0.3, -0.25) is 0 Å². The number of rotatable bonds is 4. The first kappa shape index (κ1) is 17.1. The molecular formula is C16H17F3N3O. The molecule has 4 nitrogen and oxygen atoms in total. The van der Waals surface area contributed by atoms with Crippen LogP contribution >= 0.6 is 0 Å². The van der Waals surface area contributed by atoms with Crippen molar-refractivity contribution in [2.24, 2.45) is 0 Å². The SMILES string of the molecule is CC(C)(C)c1cc(CNc2nc[c]cn2)cc(OC(F)(F)F)c1. The van der Waals surface area contributed by atoms with Gasteiger partial charge in [0.05, 0.1) is 0 Å². The summed E-state index contributed by atoms with van der Waals surface area (Å²) in [5, 5.41) is 2.95. The van der Waals surface area contributed by atoms with Crippen LogP contribution in [0, 0.1) is 6.07 Å². The molecular weight excluding hydrogens is 307 g/mol. The molecule has 2 rings (SSSR count).